The van der Waals surface area contributed by atoms with Crippen LogP contribution in [-0.2, 0) is 25.7 Å². The van der Waals surface area contributed by atoms with Crippen molar-refractivity contribution < 1.29 is 33.3 Å². The highest BCUT2D eigenvalue weighted by molar-refractivity contribution is 6.05. The van der Waals surface area contributed by atoms with Gasteiger partial charge in [-0.2, -0.15) is 0 Å². The highest BCUT2D eigenvalue weighted by Crippen LogP contribution is 2.39. The molecule has 1 aliphatic heterocycles. The molecule has 0 unspecified atom stereocenters. The molecule has 1 saturated heterocycles. The Labute approximate surface area is 170 Å². The van der Waals surface area contributed by atoms with Crippen molar-refractivity contribution in [2.24, 2.45) is 11.8 Å². The minimum atomic E-state index is -0.478. The van der Waals surface area contributed by atoms with Gasteiger partial charge in [0.15, 0.2) is 11.5 Å². The number of ether oxygens (including phenoxy) is 4. The van der Waals surface area contributed by atoms with E-state index in [1.807, 2.05) is 0 Å². The monoisotopic (exact) mass is 405 g/mol. The largest absolute Gasteiger partial charge is 0.493 e. The second kappa shape index (κ2) is 9.15. The quantitative estimate of drug-likeness (QED) is 0.484. The molecule has 0 N–H and O–H groups in total. The van der Waals surface area contributed by atoms with Crippen LogP contribution in [0.25, 0.3) is 0 Å². The number of amides is 2. The number of likely N-dealkylation sites (tertiary alicyclic amines) is 1. The van der Waals surface area contributed by atoms with Gasteiger partial charge in [0.2, 0.25) is 17.6 Å². The van der Waals surface area contributed by atoms with Gasteiger partial charge in [0.05, 0.1) is 39.6 Å². The number of carbonyl (C=O) groups excluding carboxylic acids is 3. The fourth-order valence-corrected chi connectivity index (χ4v) is 4.11. The number of rotatable bonds is 8. The number of methoxy groups -OCH3 is 3. The smallest absolute Gasteiger partial charge is 0.307 e. The fourth-order valence-electron chi connectivity index (χ4n) is 4.11. The lowest BCUT2D eigenvalue weighted by atomic mass is 9.81. The molecule has 2 amide bonds. The van der Waals surface area contributed by atoms with E-state index in [0.717, 1.165) is 25.7 Å². The first kappa shape index (κ1) is 21.0. The Bertz CT molecular complexity index is 742. The summed E-state index contributed by atoms with van der Waals surface area (Å²) in [4.78, 5) is 38.3. The van der Waals surface area contributed by atoms with Crippen molar-refractivity contribution in [3.8, 4) is 17.2 Å². The van der Waals surface area contributed by atoms with Gasteiger partial charge in [-0.25, -0.2) is 0 Å². The molecule has 1 heterocycles. The van der Waals surface area contributed by atoms with Crippen LogP contribution in [0.3, 0.4) is 0 Å². The molecule has 29 heavy (non-hydrogen) atoms. The summed E-state index contributed by atoms with van der Waals surface area (Å²) in [6, 6.07) is 3.40. The molecule has 3 rings (SSSR count). The highest BCUT2D eigenvalue weighted by Gasteiger charge is 2.47. The van der Waals surface area contributed by atoms with E-state index < -0.39 is 5.97 Å². The van der Waals surface area contributed by atoms with Gasteiger partial charge in [0.1, 0.15) is 6.61 Å². The van der Waals surface area contributed by atoms with Gasteiger partial charge in [-0.3, -0.25) is 19.3 Å². The van der Waals surface area contributed by atoms with Gasteiger partial charge in [-0.15, -0.1) is 0 Å². The fraction of sp³-hybridized carbons (Fsp3) is 0.571. The van der Waals surface area contributed by atoms with Crippen LogP contribution in [0.4, 0.5) is 0 Å². The standard InChI is InChI=1S/C21H27NO7/c1-26-16-10-13(11-17(27-2)19(16)28-3)12-29-18(23)8-9-22-20(24)14-6-4-5-7-15(14)21(22)25/h10-11,14-15H,4-9,12H2,1-3H3/t14-,15+. The van der Waals surface area contributed by atoms with Gasteiger partial charge >= 0.3 is 5.97 Å². The lowest BCUT2D eigenvalue weighted by molar-refractivity contribution is -0.146. The number of hydrogen-bond acceptors (Lipinski definition) is 7. The summed E-state index contributed by atoms with van der Waals surface area (Å²) in [6.07, 6.45) is 3.45. The number of fused-ring (bicyclic) bond motifs is 1. The van der Waals surface area contributed by atoms with Crippen molar-refractivity contribution in [1.82, 2.24) is 4.90 Å². The lowest BCUT2D eigenvalue weighted by Gasteiger charge is -2.19. The minimum absolute atomic E-state index is 0.0166. The summed E-state index contributed by atoms with van der Waals surface area (Å²) in [6.45, 7) is 0.0848. The SMILES string of the molecule is COc1cc(COC(=O)CCN2C(=O)[C@H]3CCCC[C@H]3C2=O)cc(OC)c1OC. The summed E-state index contributed by atoms with van der Waals surface area (Å²) in [5.74, 6) is 0.224. The van der Waals surface area contributed by atoms with Crippen LogP contribution in [-0.4, -0.2) is 50.6 Å². The number of hydrogen-bond donors (Lipinski definition) is 0. The maximum absolute atomic E-state index is 12.5. The third-order valence-corrected chi connectivity index (χ3v) is 5.60. The van der Waals surface area contributed by atoms with Gasteiger partial charge in [0, 0.05) is 6.54 Å². The summed E-state index contributed by atoms with van der Waals surface area (Å²) >= 11 is 0. The Morgan fingerprint density at radius 1 is 0.966 bits per heavy atom. The first-order valence-electron chi connectivity index (χ1n) is 9.79. The Balaban J connectivity index is 1.55. The second-order valence-corrected chi connectivity index (χ2v) is 7.27. The molecular weight excluding hydrogens is 378 g/mol. The topological polar surface area (TPSA) is 91.4 Å². The summed E-state index contributed by atoms with van der Waals surface area (Å²) in [7, 11) is 4.53. The summed E-state index contributed by atoms with van der Waals surface area (Å²) in [5.41, 5.74) is 0.673. The van der Waals surface area contributed by atoms with Gasteiger partial charge in [0.25, 0.3) is 0 Å². The normalized spacial score (nSPS) is 21.0. The summed E-state index contributed by atoms with van der Waals surface area (Å²) in [5, 5.41) is 0. The van der Waals surface area contributed by atoms with Crippen LogP contribution in [0.2, 0.25) is 0 Å². The molecule has 8 heteroatoms. The van der Waals surface area contributed by atoms with Crippen molar-refractivity contribution in [1.29, 1.82) is 0 Å². The molecule has 0 spiro atoms. The molecule has 0 aromatic heterocycles. The van der Waals surface area contributed by atoms with Crippen molar-refractivity contribution >= 4 is 17.8 Å². The second-order valence-electron chi connectivity index (χ2n) is 7.27. The molecular formula is C21H27NO7. The van der Waals surface area contributed by atoms with E-state index in [1.54, 1.807) is 12.1 Å². The van der Waals surface area contributed by atoms with E-state index in [-0.39, 0.29) is 43.2 Å². The first-order chi connectivity index (χ1) is 14.0. The van der Waals surface area contributed by atoms with Crippen LogP contribution in [0.1, 0.15) is 37.7 Å². The number of carbonyl (C=O) groups is 3. The molecule has 2 aliphatic rings. The van der Waals surface area contributed by atoms with Crippen LogP contribution < -0.4 is 14.2 Å². The zero-order valence-electron chi connectivity index (χ0n) is 17.1. The molecule has 0 bridgehead atoms. The van der Waals surface area contributed by atoms with E-state index in [2.05, 4.69) is 0 Å². The third-order valence-electron chi connectivity index (χ3n) is 5.60. The van der Waals surface area contributed by atoms with E-state index >= 15 is 0 Å². The number of benzene rings is 1. The van der Waals surface area contributed by atoms with E-state index in [0.29, 0.717) is 22.8 Å². The van der Waals surface area contributed by atoms with Crippen molar-refractivity contribution in [3.05, 3.63) is 17.7 Å². The van der Waals surface area contributed by atoms with Gasteiger partial charge in [-0.05, 0) is 30.5 Å². The Kier molecular flexibility index (Phi) is 6.61. The minimum Gasteiger partial charge on any atom is -0.493 e. The van der Waals surface area contributed by atoms with Crippen LogP contribution in [0.15, 0.2) is 12.1 Å². The zero-order valence-corrected chi connectivity index (χ0v) is 17.1. The Morgan fingerprint density at radius 3 is 2.00 bits per heavy atom. The van der Waals surface area contributed by atoms with E-state index in [4.69, 9.17) is 18.9 Å². The predicted octanol–water partition coefficient (Wildman–Crippen LogP) is 2.32. The lowest BCUT2D eigenvalue weighted by Crippen LogP contribution is -2.33. The zero-order chi connectivity index (χ0) is 21.0. The first-order valence-corrected chi connectivity index (χ1v) is 9.79. The molecule has 1 aliphatic carbocycles. The van der Waals surface area contributed by atoms with Crippen LogP contribution in [0.5, 0.6) is 17.2 Å². The molecule has 158 valence electrons. The van der Waals surface area contributed by atoms with Crippen LogP contribution in [0, 0.1) is 11.8 Å². The average Bonchev–Trinajstić information content (AvgIpc) is 2.99. The van der Waals surface area contributed by atoms with Crippen LogP contribution >= 0.6 is 0 Å². The van der Waals surface area contributed by atoms with E-state index in [1.165, 1.54) is 26.2 Å². The van der Waals surface area contributed by atoms with Gasteiger partial charge < -0.3 is 18.9 Å². The van der Waals surface area contributed by atoms with Crippen molar-refractivity contribution in [3.63, 3.8) is 0 Å². The maximum Gasteiger partial charge on any atom is 0.307 e. The molecule has 1 aromatic rings. The molecule has 0 radical (unpaired) electrons. The Morgan fingerprint density at radius 2 is 1.52 bits per heavy atom. The molecule has 2 fully saturated rings. The molecule has 8 nitrogen and oxygen atoms in total. The predicted molar refractivity (Wildman–Crippen MR) is 103 cm³/mol. The van der Waals surface area contributed by atoms with Crippen molar-refractivity contribution in [2.75, 3.05) is 27.9 Å². The van der Waals surface area contributed by atoms with Gasteiger partial charge in [-0.1, -0.05) is 12.8 Å². The number of imide groups is 1. The summed E-state index contributed by atoms with van der Waals surface area (Å²) < 4.78 is 21.1. The number of esters is 1. The van der Waals surface area contributed by atoms with E-state index in [9.17, 15) is 14.4 Å². The average molecular weight is 405 g/mol. The number of nitrogens with zero attached hydrogens (tertiary/aromatic N) is 1. The molecule has 1 aromatic carbocycles. The van der Waals surface area contributed by atoms with Crippen molar-refractivity contribution in [2.45, 2.75) is 38.7 Å². The Hall–Kier alpha value is -2.77. The highest BCUT2D eigenvalue weighted by atomic mass is 16.5. The third kappa shape index (κ3) is 4.31. The molecule has 2 atom stereocenters. The molecule has 1 saturated carbocycles. The maximum atomic E-state index is 12.5.